The summed E-state index contributed by atoms with van der Waals surface area (Å²) in [6.07, 6.45) is 1.73. The van der Waals surface area contributed by atoms with E-state index < -0.39 is 0 Å². The minimum absolute atomic E-state index is 0.00754. The van der Waals surface area contributed by atoms with Crippen LogP contribution >= 0.6 is 0 Å². The van der Waals surface area contributed by atoms with Gasteiger partial charge in [-0.1, -0.05) is 39.0 Å². The summed E-state index contributed by atoms with van der Waals surface area (Å²) in [5, 5.41) is 0. The number of ether oxygens (including phenoxy) is 1. The number of para-hydroxylation sites is 1. The number of carbonyl (C=O) groups is 1. The van der Waals surface area contributed by atoms with Crippen molar-refractivity contribution in [1.29, 1.82) is 0 Å². The molecule has 0 bridgehead atoms. The number of pyridine rings is 1. The largest absolute Gasteiger partial charge is 0.491 e. The van der Waals surface area contributed by atoms with Gasteiger partial charge in [-0.2, -0.15) is 0 Å². The van der Waals surface area contributed by atoms with Crippen LogP contribution in [-0.2, 0) is 16.8 Å². The first-order valence-corrected chi connectivity index (χ1v) is 8.84. The Hall–Kier alpha value is -2.69. The van der Waals surface area contributed by atoms with E-state index in [1.807, 2.05) is 30.3 Å². The Kier molecular flexibility index (Phi) is 5.07. The van der Waals surface area contributed by atoms with Crippen LogP contribution < -0.4 is 4.74 Å². The first kappa shape index (κ1) is 18.1. The van der Waals surface area contributed by atoms with Crippen molar-refractivity contribution in [3.63, 3.8) is 0 Å². The van der Waals surface area contributed by atoms with Gasteiger partial charge >= 0.3 is 0 Å². The van der Waals surface area contributed by atoms with Gasteiger partial charge in [-0.05, 0) is 29.2 Å². The molecule has 0 atom stereocenters. The molecule has 2 heterocycles. The van der Waals surface area contributed by atoms with Crippen molar-refractivity contribution < 1.29 is 9.53 Å². The van der Waals surface area contributed by atoms with E-state index in [1.165, 1.54) is 0 Å². The van der Waals surface area contributed by atoms with Crippen LogP contribution in [0.4, 0.5) is 0 Å². The summed E-state index contributed by atoms with van der Waals surface area (Å²) < 4.78 is 5.97. The Morgan fingerprint density at radius 1 is 1.19 bits per heavy atom. The molecule has 0 unspecified atom stereocenters. The lowest BCUT2D eigenvalue weighted by Gasteiger charge is -2.23. The molecule has 1 amide bonds. The summed E-state index contributed by atoms with van der Waals surface area (Å²) in [4.78, 5) is 23.0. The van der Waals surface area contributed by atoms with E-state index >= 15 is 0 Å². The number of carbonyl (C=O) groups excluding carboxylic acids is 1. The number of likely N-dealkylation sites (N-methyl/N-ethyl adjacent to an activating group) is 1. The van der Waals surface area contributed by atoms with E-state index in [2.05, 4.69) is 36.8 Å². The number of hydrogen-bond acceptors (Lipinski definition) is 4. The molecule has 2 aromatic rings. The molecule has 0 spiro atoms. The highest BCUT2D eigenvalue weighted by Crippen LogP contribution is 2.30. The molecule has 0 saturated heterocycles. The van der Waals surface area contributed by atoms with Gasteiger partial charge in [0.2, 0.25) is 0 Å². The van der Waals surface area contributed by atoms with Crippen molar-refractivity contribution in [2.24, 2.45) is 4.99 Å². The van der Waals surface area contributed by atoms with Crippen molar-refractivity contribution in [1.82, 2.24) is 9.88 Å². The fraction of sp³-hybridized carbons (Fsp3) is 0.381. The molecule has 1 aromatic heterocycles. The fourth-order valence-corrected chi connectivity index (χ4v) is 2.99. The second-order valence-electron chi connectivity index (χ2n) is 7.48. The van der Waals surface area contributed by atoms with Gasteiger partial charge in [-0.3, -0.25) is 14.8 Å². The third kappa shape index (κ3) is 3.77. The zero-order valence-corrected chi connectivity index (χ0v) is 15.8. The van der Waals surface area contributed by atoms with Crippen LogP contribution in [0.25, 0.3) is 0 Å². The lowest BCUT2D eigenvalue weighted by Crippen LogP contribution is -2.36. The van der Waals surface area contributed by atoms with Gasteiger partial charge in [-0.25, -0.2) is 0 Å². The summed E-state index contributed by atoms with van der Waals surface area (Å²) in [5.74, 6) is 0.776. The number of benzene rings is 1. The monoisotopic (exact) mass is 351 g/mol. The van der Waals surface area contributed by atoms with Gasteiger partial charge in [-0.15, -0.1) is 0 Å². The number of rotatable bonds is 5. The fourth-order valence-electron chi connectivity index (χ4n) is 2.99. The average molecular weight is 351 g/mol. The van der Waals surface area contributed by atoms with Crippen LogP contribution in [0, 0.1) is 0 Å². The van der Waals surface area contributed by atoms with E-state index in [4.69, 9.17) is 4.74 Å². The van der Waals surface area contributed by atoms with Crippen molar-refractivity contribution in [2.75, 3.05) is 20.2 Å². The predicted molar refractivity (Wildman–Crippen MR) is 103 cm³/mol. The molecule has 136 valence electrons. The van der Waals surface area contributed by atoms with E-state index in [-0.39, 0.29) is 11.3 Å². The molecule has 5 nitrogen and oxygen atoms in total. The lowest BCUT2D eigenvalue weighted by atomic mass is 9.86. The van der Waals surface area contributed by atoms with Gasteiger partial charge in [0.15, 0.2) is 0 Å². The first-order chi connectivity index (χ1) is 12.4. The molecule has 0 radical (unpaired) electrons. The quantitative estimate of drug-likeness (QED) is 0.831. The molecular weight excluding hydrogens is 326 g/mol. The highest BCUT2D eigenvalue weighted by atomic mass is 16.5. The summed E-state index contributed by atoms with van der Waals surface area (Å²) in [6, 6.07) is 11.8. The molecule has 0 saturated carbocycles. The van der Waals surface area contributed by atoms with E-state index in [1.54, 1.807) is 18.1 Å². The number of hydrogen-bond donors (Lipinski definition) is 0. The van der Waals surface area contributed by atoms with Gasteiger partial charge in [0.1, 0.15) is 18.1 Å². The summed E-state index contributed by atoms with van der Waals surface area (Å²) in [7, 11) is 1.78. The van der Waals surface area contributed by atoms with Crippen molar-refractivity contribution in [3.8, 4) is 5.75 Å². The zero-order valence-electron chi connectivity index (χ0n) is 15.8. The second kappa shape index (κ2) is 7.28. The Morgan fingerprint density at radius 2 is 1.96 bits per heavy atom. The number of nitrogens with zero attached hydrogens (tertiary/aromatic N) is 3. The summed E-state index contributed by atoms with van der Waals surface area (Å²) in [5.41, 5.74) is 3.36. The maximum absolute atomic E-state index is 12.7. The smallest absolute Gasteiger partial charge is 0.272 e. The number of aliphatic imine (C=N–C) groups is 1. The third-order valence-electron chi connectivity index (χ3n) is 4.46. The molecule has 1 aliphatic rings. The molecule has 0 N–H and O–H groups in total. The Bertz CT molecular complexity index is 837. The highest BCUT2D eigenvalue weighted by Gasteiger charge is 2.25. The Labute approximate surface area is 154 Å². The Morgan fingerprint density at radius 3 is 2.73 bits per heavy atom. The maximum atomic E-state index is 12.7. The lowest BCUT2D eigenvalue weighted by molar-refractivity contribution is -0.123. The van der Waals surface area contributed by atoms with Gasteiger partial charge in [0.25, 0.3) is 5.91 Å². The molecule has 1 aromatic carbocycles. The Balaban J connectivity index is 1.61. The van der Waals surface area contributed by atoms with Crippen molar-refractivity contribution >= 4 is 11.6 Å². The molecule has 5 heteroatoms. The minimum atomic E-state index is -0.0931. The van der Waals surface area contributed by atoms with Crippen molar-refractivity contribution in [2.45, 2.75) is 32.7 Å². The van der Waals surface area contributed by atoms with Crippen LogP contribution in [0.2, 0.25) is 0 Å². The van der Waals surface area contributed by atoms with Gasteiger partial charge in [0, 0.05) is 18.8 Å². The highest BCUT2D eigenvalue weighted by molar-refractivity contribution is 6.46. The number of amides is 1. The third-order valence-corrected chi connectivity index (χ3v) is 4.46. The maximum Gasteiger partial charge on any atom is 0.272 e. The zero-order chi connectivity index (χ0) is 18.7. The first-order valence-electron chi connectivity index (χ1n) is 8.84. The van der Waals surface area contributed by atoms with Crippen LogP contribution in [-0.4, -0.2) is 41.7 Å². The number of aromatic nitrogens is 1. The van der Waals surface area contributed by atoms with Crippen LogP contribution in [0.3, 0.4) is 0 Å². The van der Waals surface area contributed by atoms with E-state index in [0.29, 0.717) is 25.4 Å². The van der Waals surface area contributed by atoms with Gasteiger partial charge in [0.05, 0.1) is 18.8 Å². The van der Waals surface area contributed by atoms with Gasteiger partial charge < -0.3 is 9.64 Å². The standard InChI is InChI=1S/C21H25N3O2/c1-21(2,3)16-9-5-6-10-18(16)26-13-12-24(4)20(25)19-15-8-7-11-22-17(15)14-23-19/h5-11H,12-14H2,1-4H3. The molecule has 1 aliphatic heterocycles. The molecule has 0 fully saturated rings. The van der Waals surface area contributed by atoms with Crippen LogP contribution in [0.1, 0.15) is 37.6 Å². The molecular formula is C21H25N3O2. The van der Waals surface area contributed by atoms with E-state index in [0.717, 1.165) is 22.6 Å². The molecule has 26 heavy (non-hydrogen) atoms. The summed E-state index contributed by atoms with van der Waals surface area (Å²) in [6.45, 7) is 7.88. The predicted octanol–water partition coefficient (Wildman–Crippen LogP) is 3.22. The molecule has 3 rings (SSSR count). The normalized spacial score (nSPS) is 13.2. The van der Waals surface area contributed by atoms with E-state index in [9.17, 15) is 4.79 Å². The second-order valence-corrected chi connectivity index (χ2v) is 7.48. The number of fused-ring (bicyclic) bond motifs is 1. The van der Waals surface area contributed by atoms with Crippen LogP contribution in [0.15, 0.2) is 47.6 Å². The minimum Gasteiger partial charge on any atom is -0.491 e. The SMILES string of the molecule is CN(CCOc1ccccc1C(C)(C)C)C(=O)C1=NCc2ncccc21. The van der Waals surface area contributed by atoms with Crippen molar-refractivity contribution in [3.05, 3.63) is 59.4 Å². The molecule has 0 aliphatic carbocycles. The van der Waals surface area contributed by atoms with Crippen LogP contribution in [0.5, 0.6) is 5.75 Å². The summed E-state index contributed by atoms with van der Waals surface area (Å²) >= 11 is 0. The average Bonchev–Trinajstić information content (AvgIpc) is 3.04. The topological polar surface area (TPSA) is 54.8 Å².